The molecule has 0 spiro atoms. The predicted octanol–water partition coefficient (Wildman–Crippen LogP) is 5.80. The number of carbonyl (C=O) groups is 2. The lowest BCUT2D eigenvalue weighted by atomic mass is 10.0. The van der Waals surface area contributed by atoms with Crippen molar-refractivity contribution >= 4 is 27.5 Å². The molecular formula is C35H38FN3O4S. The lowest BCUT2D eigenvalue weighted by molar-refractivity contribution is -0.140. The summed E-state index contributed by atoms with van der Waals surface area (Å²) in [6, 6.07) is 27.4. The molecule has 0 aliphatic carbocycles. The summed E-state index contributed by atoms with van der Waals surface area (Å²) in [6.45, 7) is 5.64. The smallest absolute Gasteiger partial charge is 0.264 e. The maximum atomic E-state index is 14.4. The summed E-state index contributed by atoms with van der Waals surface area (Å²) < 4.78 is 42.9. The van der Waals surface area contributed by atoms with E-state index >= 15 is 0 Å². The third kappa shape index (κ3) is 8.32. The molecule has 4 aromatic carbocycles. The number of halogens is 1. The van der Waals surface area contributed by atoms with E-state index in [0.29, 0.717) is 13.0 Å². The van der Waals surface area contributed by atoms with E-state index in [9.17, 15) is 22.4 Å². The van der Waals surface area contributed by atoms with Crippen LogP contribution in [0.1, 0.15) is 35.6 Å². The fourth-order valence-electron chi connectivity index (χ4n) is 4.90. The average Bonchev–Trinajstić information content (AvgIpc) is 3.01. The maximum absolute atomic E-state index is 14.4. The second-order valence-electron chi connectivity index (χ2n) is 10.8. The molecule has 7 nitrogen and oxygen atoms in total. The van der Waals surface area contributed by atoms with Crippen LogP contribution >= 0.6 is 0 Å². The molecule has 1 unspecified atom stereocenters. The second kappa shape index (κ2) is 14.8. The summed E-state index contributed by atoms with van der Waals surface area (Å²) in [7, 11) is -4.25. The van der Waals surface area contributed by atoms with E-state index < -0.39 is 34.3 Å². The fourth-order valence-corrected chi connectivity index (χ4v) is 6.31. The van der Waals surface area contributed by atoms with Crippen LogP contribution in [0.15, 0.2) is 108 Å². The molecule has 0 heterocycles. The van der Waals surface area contributed by atoms with Gasteiger partial charge in [0.2, 0.25) is 11.8 Å². The molecule has 0 saturated heterocycles. The van der Waals surface area contributed by atoms with Gasteiger partial charge in [0, 0.05) is 19.5 Å². The molecule has 1 atom stereocenters. The van der Waals surface area contributed by atoms with E-state index in [1.54, 1.807) is 12.1 Å². The molecule has 0 aliphatic rings. The van der Waals surface area contributed by atoms with Crippen LogP contribution < -0.4 is 9.62 Å². The van der Waals surface area contributed by atoms with E-state index in [2.05, 4.69) is 5.32 Å². The molecule has 2 amide bonds. The molecule has 1 N–H and O–H groups in total. The summed E-state index contributed by atoms with van der Waals surface area (Å²) in [6.07, 6.45) is 0.942. The lowest BCUT2D eigenvalue weighted by Crippen LogP contribution is -2.53. The number of anilines is 1. The Labute approximate surface area is 259 Å². The molecule has 9 heteroatoms. The average molecular weight is 616 g/mol. The monoisotopic (exact) mass is 615 g/mol. The highest BCUT2D eigenvalue weighted by Gasteiger charge is 2.34. The van der Waals surface area contributed by atoms with Crippen LogP contribution in [0.2, 0.25) is 0 Å². The minimum absolute atomic E-state index is 0.00742. The molecule has 4 rings (SSSR count). The van der Waals surface area contributed by atoms with Crippen molar-refractivity contribution in [2.24, 2.45) is 0 Å². The SMILES string of the molecule is CCCNC(=O)C(Cc1ccccc1)N(Cc1cccc(C)c1)C(=O)CN(c1ccc(F)cc1)S(=O)(=O)c1ccc(C)cc1. The first kappa shape index (κ1) is 32.4. The molecule has 230 valence electrons. The summed E-state index contributed by atoms with van der Waals surface area (Å²) >= 11 is 0. The van der Waals surface area contributed by atoms with E-state index in [1.807, 2.05) is 75.4 Å². The largest absolute Gasteiger partial charge is 0.354 e. The van der Waals surface area contributed by atoms with E-state index in [0.717, 1.165) is 38.7 Å². The molecule has 0 fully saturated rings. The standard InChI is InChI=1S/C35H38FN3O4S/c1-4-21-37-35(41)33(23-28-10-6-5-7-11-28)38(24-29-12-8-9-27(3)22-29)34(40)25-39(31-17-15-30(36)16-18-31)44(42,43)32-19-13-26(2)14-20-32/h5-20,22,33H,4,21,23-25H2,1-3H3,(H,37,41). The Morgan fingerprint density at radius 2 is 1.48 bits per heavy atom. The van der Waals surface area contributed by atoms with Crippen LogP contribution in [-0.4, -0.2) is 44.3 Å². The molecule has 4 aromatic rings. The van der Waals surface area contributed by atoms with Crippen LogP contribution in [0, 0.1) is 19.7 Å². The van der Waals surface area contributed by atoms with Crippen molar-refractivity contribution in [3.05, 3.63) is 131 Å². The van der Waals surface area contributed by atoms with Gasteiger partial charge >= 0.3 is 0 Å². The Hall–Kier alpha value is -4.50. The van der Waals surface area contributed by atoms with Gasteiger partial charge in [-0.05, 0) is 67.8 Å². The van der Waals surface area contributed by atoms with Crippen molar-refractivity contribution in [2.75, 3.05) is 17.4 Å². The van der Waals surface area contributed by atoms with Gasteiger partial charge in [-0.2, -0.15) is 0 Å². The number of carbonyl (C=O) groups excluding carboxylic acids is 2. The second-order valence-corrected chi connectivity index (χ2v) is 12.7. The fraction of sp³-hybridized carbons (Fsp3) is 0.257. The van der Waals surface area contributed by atoms with Gasteiger partial charge in [0.1, 0.15) is 18.4 Å². The minimum Gasteiger partial charge on any atom is -0.354 e. The molecular weight excluding hydrogens is 577 g/mol. The number of aryl methyl sites for hydroxylation is 2. The first-order valence-electron chi connectivity index (χ1n) is 14.6. The molecule has 0 saturated carbocycles. The van der Waals surface area contributed by atoms with Crippen molar-refractivity contribution in [2.45, 2.75) is 51.1 Å². The summed E-state index contributed by atoms with van der Waals surface area (Å²) in [5.41, 5.74) is 3.65. The number of rotatable bonds is 13. The Morgan fingerprint density at radius 3 is 2.11 bits per heavy atom. The normalized spacial score (nSPS) is 11.9. The summed E-state index contributed by atoms with van der Waals surface area (Å²) in [5, 5.41) is 2.93. The molecule has 0 radical (unpaired) electrons. The Morgan fingerprint density at radius 1 is 0.818 bits per heavy atom. The van der Waals surface area contributed by atoms with Crippen LogP contribution in [0.5, 0.6) is 0 Å². The predicted molar refractivity (Wildman–Crippen MR) is 171 cm³/mol. The number of sulfonamides is 1. The van der Waals surface area contributed by atoms with E-state index in [1.165, 1.54) is 29.2 Å². The van der Waals surface area contributed by atoms with Gasteiger partial charge < -0.3 is 10.2 Å². The van der Waals surface area contributed by atoms with E-state index in [4.69, 9.17) is 0 Å². The number of nitrogens with one attached hydrogen (secondary N) is 1. The number of nitrogens with zero attached hydrogens (tertiary/aromatic N) is 2. The van der Waals surface area contributed by atoms with Crippen molar-refractivity contribution < 1.29 is 22.4 Å². The van der Waals surface area contributed by atoms with Crippen molar-refractivity contribution in [3.63, 3.8) is 0 Å². The zero-order chi connectivity index (χ0) is 31.7. The van der Waals surface area contributed by atoms with Gasteiger partial charge in [-0.15, -0.1) is 0 Å². The molecule has 44 heavy (non-hydrogen) atoms. The van der Waals surface area contributed by atoms with E-state index in [-0.39, 0.29) is 29.5 Å². The highest BCUT2D eigenvalue weighted by atomic mass is 32.2. The van der Waals surface area contributed by atoms with Crippen LogP contribution in [0.3, 0.4) is 0 Å². The Balaban J connectivity index is 1.79. The highest BCUT2D eigenvalue weighted by molar-refractivity contribution is 7.92. The zero-order valence-electron chi connectivity index (χ0n) is 25.2. The first-order valence-corrected chi connectivity index (χ1v) is 16.0. The van der Waals surface area contributed by atoms with Gasteiger partial charge in [0.15, 0.2) is 0 Å². The number of benzene rings is 4. The number of hydrogen-bond acceptors (Lipinski definition) is 4. The first-order chi connectivity index (χ1) is 21.1. The lowest BCUT2D eigenvalue weighted by Gasteiger charge is -2.34. The van der Waals surface area contributed by atoms with Gasteiger partial charge in [0.25, 0.3) is 10.0 Å². The van der Waals surface area contributed by atoms with Gasteiger partial charge in [-0.25, -0.2) is 12.8 Å². The van der Waals surface area contributed by atoms with Crippen molar-refractivity contribution in [1.82, 2.24) is 10.2 Å². The molecule has 0 bridgehead atoms. The van der Waals surface area contributed by atoms with Crippen LogP contribution in [-0.2, 0) is 32.6 Å². The van der Waals surface area contributed by atoms with Gasteiger partial charge in [0.05, 0.1) is 10.6 Å². The van der Waals surface area contributed by atoms with Crippen molar-refractivity contribution in [3.8, 4) is 0 Å². The summed E-state index contributed by atoms with van der Waals surface area (Å²) in [5.74, 6) is -1.44. The molecule has 0 aliphatic heterocycles. The third-order valence-corrected chi connectivity index (χ3v) is 9.05. The minimum atomic E-state index is -4.25. The number of hydrogen-bond donors (Lipinski definition) is 1. The zero-order valence-corrected chi connectivity index (χ0v) is 26.1. The third-order valence-electron chi connectivity index (χ3n) is 7.26. The molecule has 0 aromatic heterocycles. The van der Waals surface area contributed by atoms with Crippen LogP contribution in [0.25, 0.3) is 0 Å². The maximum Gasteiger partial charge on any atom is 0.264 e. The van der Waals surface area contributed by atoms with Gasteiger partial charge in [-0.1, -0.05) is 84.8 Å². The van der Waals surface area contributed by atoms with Gasteiger partial charge in [-0.3, -0.25) is 13.9 Å². The van der Waals surface area contributed by atoms with Crippen LogP contribution in [0.4, 0.5) is 10.1 Å². The topological polar surface area (TPSA) is 86.8 Å². The Kier molecular flexibility index (Phi) is 10.9. The number of amides is 2. The van der Waals surface area contributed by atoms with Crippen molar-refractivity contribution in [1.29, 1.82) is 0 Å². The summed E-state index contributed by atoms with van der Waals surface area (Å²) in [4.78, 5) is 29.5. The Bertz CT molecular complexity index is 1660. The quantitative estimate of drug-likeness (QED) is 0.206. The highest BCUT2D eigenvalue weighted by Crippen LogP contribution is 2.26.